The van der Waals surface area contributed by atoms with E-state index < -0.39 is 6.10 Å². The van der Waals surface area contributed by atoms with E-state index in [2.05, 4.69) is 12.2 Å². The molecule has 0 aromatic rings. The maximum absolute atomic E-state index is 9.73. The molecule has 1 unspecified atom stereocenters. The number of nitrogens with one attached hydrogen (secondary N) is 1. The van der Waals surface area contributed by atoms with Crippen LogP contribution in [0.5, 0.6) is 0 Å². The van der Waals surface area contributed by atoms with Crippen molar-refractivity contribution < 1.29 is 14.6 Å². The van der Waals surface area contributed by atoms with E-state index in [0.717, 1.165) is 19.4 Å². The summed E-state index contributed by atoms with van der Waals surface area (Å²) in [7, 11) is 0. The van der Waals surface area contributed by atoms with Crippen LogP contribution in [0.15, 0.2) is 0 Å². The Bertz CT molecular complexity index is 215. The second-order valence-corrected chi connectivity index (χ2v) is 5.80. The molecule has 0 bridgehead atoms. The highest BCUT2D eigenvalue weighted by Gasteiger charge is 2.21. The lowest BCUT2D eigenvalue weighted by Crippen LogP contribution is -2.36. The van der Waals surface area contributed by atoms with E-state index in [0.29, 0.717) is 25.4 Å². The summed E-state index contributed by atoms with van der Waals surface area (Å²) in [4.78, 5) is 0. The summed E-state index contributed by atoms with van der Waals surface area (Å²) in [6.45, 7) is 8.01. The fourth-order valence-corrected chi connectivity index (χ4v) is 2.38. The number of ether oxygens (including phenoxy) is 2. The fraction of sp³-hybridized carbons (Fsp3) is 1.00. The van der Waals surface area contributed by atoms with Gasteiger partial charge in [-0.3, -0.25) is 0 Å². The molecule has 0 heterocycles. The maximum atomic E-state index is 9.73. The Hall–Kier alpha value is -0.160. The summed E-state index contributed by atoms with van der Waals surface area (Å²) >= 11 is 0. The molecule has 0 aromatic heterocycles. The van der Waals surface area contributed by atoms with Crippen molar-refractivity contribution >= 4 is 0 Å². The van der Waals surface area contributed by atoms with E-state index in [1.807, 2.05) is 13.8 Å². The Kier molecular flexibility index (Phi) is 8.62. The number of hydrogen-bond acceptors (Lipinski definition) is 4. The maximum Gasteiger partial charge on any atom is 0.101 e. The minimum Gasteiger partial charge on any atom is -0.388 e. The third-order valence-electron chi connectivity index (χ3n) is 3.50. The summed E-state index contributed by atoms with van der Waals surface area (Å²) < 4.78 is 11.1. The topological polar surface area (TPSA) is 50.7 Å². The molecule has 1 saturated carbocycles. The Labute approximate surface area is 117 Å². The quantitative estimate of drug-likeness (QED) is 0.675. The zero-order chi connectivity index (χ0) is 14.1. The molecule has 114 valence electrons. The predicted molar refractivity (Wildman–Crippen MR) is 77.4 cm³/mol. The minimum absolute atomic E-state index is 0.162. The van der Waals surface area contributed by atoms with Gasteiger partial charge in [-0.1, -0.05) is 6.92 Å². The zero-order valence-corrected chi connectivity index (χ0v) is 12.7. The molecule has 0 radical (unpaired) electrons. The molecule has 4 heteroatoms. The van der Waals surface area contributed by atoms with Gasteiger partial charge in [0.1, 0.15) is 6.10 Å². The normalized spacial score (nSPS) is 25.7. The molecule has 1 aliphatic rings. The second kappa shape index (κ2) is 9.70. The smallest absolute Gasteiger partial charge is 0.101 e. The van der Waals surface area contributed by atoms with Crippen LogP contribution in [-0.4, -0.2) is 49.2 Å². The molecule has 4 nitrogen and oxygen atoms in total. The van der Waals surface area contributed by atoms with E-state index in [9.17, 15) is 5.11 Å². The van der Waals surface area contributed by atoms with E-state index in [1.54, 1.807) is 0 Å². The molecule has 0 aliphatic heterocycles. The van der Waals surface area contributed by atoms with Crippen molar-refractivity contribution in [1.29, 1.82) is 0 Å². The lowest BCUT2D eigenvalue weighted by atomic mass is 9.93. The Morgan fingerprint density at radius 3 is 2.42 bits per heavy atom. The molecule has 0 amide bonds. The van der Waals surface area contributed by atoms with Crippen LogP contribution < -0.4 is 5.32 Å². The third-order valence-corrected chi connectivity index (χ3v) is 3.50. The average molecular weight is 273 g/mol. The van der Waals surface area contributed by atoms with Gasteiger partial charge < -0.3 is 19.9 Å². The highest BCUT2D eigenvalue weighted by atomic mass is 16.5. The zero-order valence-electron chi connectivity index (χ0n) is 12.7. The van der Waals surface area contributed by atoms with Gasteiger partial charge in [0.15, 0.2) is 0 Å². The largest absolute Gasteiger partial charge is 0.388 e. The second-order valence-electron chi connectivity index (χ2n) is 5.80. The van der Waals surface area contributed by atoms with Crippen molar-refractivity contribution in [2.24, 2.45) is 0 Å². The van der Waals surface area contributed by atoms with Gasteiger partial charge in [0.25, 0.3) is 0 Å². The van der Waals surface area contributed by atoms with Gasteiger partial charge in [0.2, 0.25) is 0 Å². The first-order chi connectivity index (χ1) is 9.11. The molecule has 0 spiro atoms. The number of hydrogen-bond donors (Lipinski definition) is 2. The summed E-state index contributed by atoms with van der Waals surface area (Å²) in [6.07, 6.45) is 5.73. The van der Waals surface area contributed by atoms with Crippen LogP contribution in [0.1, 0.15) is 52.9 Å². The van der Waals surface area contributed by atoms with Crippen molar-refractivity contribution in [2.75, 3.05) is 19.8 Å². The molecule has 0 saturated heterocycles. The van der Waals surface area contributed by atoms with Gasteiger partial charge in [-0.05, 0) is 52.5 Å². The van der Waals surface area contributed by atoms with E-state index >= 15 is 0 Å². The molecule has 1 rings (SSSR count). The summed E-state index contributed by atoms with van der Waals surface area (Å²) in [5, 5.41) is 13.3. The Morgan fingerprint density at radius 2 is 1.84 bits per heavy atom. The Morgan fingerprint density at radius 1 is 1.16 bits per heavy atom. The fourth-order valence-electron chi connectivity index (χ4n) is 2.38. The van der Waals surface area contributed by atoms with Crippen LogP contribution >= 0.6 is 0 Å². The molecule has 1 aliphatic carbocycles. The number of rotatable bonds is 9. The SMILES string of the molecule is CCCNC1CCC(OCC(O)COC(C)C)CC1. The van der Waals surface area contributed by atoms with E-state index in [4.69, 9.17) is 9.47 Å². The third kappa shape index (κ3) is 7.88. The van der Waals surface area contributed by atoms with Crippen LogP contribution in [-0.2, 0) is 9.47 Å². The molecular formula is C15H31NO3. The van der Waals surface area contributed by atoms with Gasteiger partial charge >= 0.3 is 0 Å². The monoisotopic (exact) mass is 273 g/mol. The predicted octanol–water partition coefficient (Wildman–Crippen LogP) is 2.10. The molecule has 1 atom stereocenters. The van der Waals surface area contributed by atoms with Crippen LogP contribution in [0.2, 0.25) is 0 Å². The van der Waals surface area contributed by atoms with Crippen LogP contribution in [0.4, 0.5) is 0 Å². The standard InChI is InChI=1S/C15H31NO3/c1-4-9-16-13-5-7-15(8-6-13)19-11-14(17)10-18-12(2)3/h12-17H,4-11H2,1-3H3. The van der Waals surface area contributed by atoms with Gasteiger partial charge in [-0.25, -0.2) is 0 Å². The molecule has 1 fully saturated rings. The van der Waals surface area contributed by atoms with E-state index in [-0.39, 0.29) is 6.10 Å². The van der Waals surface area contributed by atoms with Crippen LogP contribution in [0.25, 0.3) is 0 Å². The van der Waals surface area contributed by atoms with E-state index in [1.165, 1.54) is 19.3 Å². The number of aliphatic hydroxyl groups excluding tert-OH is 1. The first kappa shape index (κ1) is 16.9. The van der Waals surface area contributed by atoms with Gasteiger partial charge in [0.05, 0.1) is 25.4 Å². The van der Waals surface area contributed by atoms with Crippen molar-refractivity contribution in [3.63, 3.8) is 0 Å². The first-order valence-electron chi connectivity index (χ1n) is 7.76. The molecule has 19 heavy (non-hydrogen) atoms. The van der Waals surface area contributed by atoms with Crippen LogP contribution in [0.3, 0.4) is 0 Å². The molecule has 0 aromatic carbocycles. The Balaban J connectivity index is 2.05. The van der Waals surface area contributed by atoms with Crippen molar-refractivity contribution in [2.45, 2.75) is 77.2 Å². The highest BCUT2D eigenvalue weighted by molar-refractivity contribution is 4.77. The van der Waals surface area contributed by atoms with Gasteiger partial charge in [-0.2, -0.15) is 0 Å². The minimum atomic E-state index is -0.502. The van der Waals surface area contributed by atoms with Crippen molar-refractivity contribution in [3.8, 4) is 0 Å². The lowest BCUT2D eigenvalue weighted by molar-refractivity contribution is -0.0639. The summed E-state index contributed by atoms with van der Waals surface area (Å²) in [6, 6.07) is 0.661. The highest BCUT2D eigenvalue weighted by Crippen LogP contribution is 2.21. The van der Waals surface area contributed by atoms with Gasteiger partial charge in [-0.15, -0.1) is 0 Å². The summed E-state index contributed by atoms with van der Waals surface area (Å²) in [5.41, 5.74) is 0. The van der Waals surface area contributed by atoms with Crippen molar-refractivity contribution in [1.82, 2.24) is 5.32 Å². The molecule has 2 N–H and O–H groups in total. The summed E-state index contributed by atoms with van der Waals surface area (Å²) in [5.74, 6) is 0. The lowest BCUT2D eigenvalue weighted by Gasteiger charge is -2.29. The first-order valence-corrected chi connectivity index (χ1v) is 7.76. The van der Waals surface area contributed by atoms with Crippen molar-refractivity contribution in [3.05, 3.63) is 0 Å². The molecular weight excluding hydrogens is 242 g/mol. The average Bonchev–Trinajstić information content (AvgIpc) is 2.41. The van der Waals surface area contributed by atoms with Gasteiger partial charge in [0, 0.05) is 6.04 Å². The number of aliphatic hydroxyl groups is 1. The van der Waals surface area contributed by atoms with Crippen LogP contribution in [0, 0.1) is 0 Å².